The highest BCUT2D eigenvalue weighted by atomic mass is 32.1. The zero-order chi connectivity index (χ0) is 24.7. The number of carbonyl (C=O) groups excluding carboxylic acids is 4. The van der Waals surface area contributed by atoms with Crippen LogP contribution < -0.4 is 5.32 Å². The number of carbonyl (C=O) groups is 4. The molecule has 1 N–H and O–H groups in total. The van der Waals surface area contributed by atoms with Crippen LogP contribution in [0.1, 0.15) is 51.0 Å². The van der Waals surface area contributed by atoms with Crippen molar-refractivity contribution in [2.24, 2.45) is 0 Å². The monoisotopic (exact) mass is 484 g/mol. The highest BCUT2D eigenvalue weighted by molar-refractivity contribution is 7.82. The molecule has 0 saturated carbocycles. The number of hydrogen-bond donors (Lipinski definition) is 2. The Morgan fingerprint density at radius 2 is 1.88 bits per heavy atom. The van der Waals surface area contributed by atoms with Crippen LogP contribution in [0.25, 0.3) is 5.57 Å². The molecular formula is C26H32N2O5S. The molecule has 7 nitrogen and oxygen atoms in total. The van der Waals surface area contributed by atoms with Crippen LogP contribution in [-0.2, 0) is 23.9 Å². The summed E-state index contributed by atoms with van der Waals surface area (Å²) in [5.41, 5.74) is 2.55. The van der Waals surface area contributed by atoms with Gasteiger partial charge in [0, 0.05) is 25.1 Å². The maximum Gasteiger partial charge on any atom is 0.328 e. The van der Waals surface area contributed by atoms with E-state index in [9.17, 15) is 19.2 Å². The fraction of sp³-hybridized carbons (Fsp3) is 0.462. The number of esters is 1. The van der Waals surface area contributed by atoms with E-state index in [2.05, 4.69) is 17.9 Å². The van der Waals surface area contributed by atoms with Crippen molar-refractivity contribution in [3.63, 3.8) is 0 Å². The average molecular weight is 485 g/mol. The highest BCUT2D eigenvalue weighted by Crippen LogP contribution is 2.34. The molecule has 1 saturated heterocycles. The summed E-state index contributed by atoms with van der Waals surface area (Å²) in [4.78, 5) is 51.3. The van der Waals surface area contributed by atoms with Crippen LogP contribution in [0.4, 0.5) is 0 Å². The predicted octanol–water partition coefficient (Wildman–Crippen LogP) is 3.11. The van der Waals surface area contributed by atoms with E-state index in [0.29, 0.717) is 49.1 Å². The number of amides is 2. The second-order valence-corrected chi connectivity index (χ2v) is 9.14. The van der Waals surface area contributed by atoms with Crippen LogP contribution in [0.15, 0.2) is 47.6 Å². The molecule has 0 bridgehead atoms. The third-order valence-electron chi connectivity index (χ3n) is 6.28. The Hall–Kier alpha value is -2.87. The smallest absolute Gasteiger partial charge is 0.328 e. The van der Waals surface area contributed by atoms with E-state index in [0.717, 1.165) is 24.8 Å². The van der Waals surface area contributed by atoms with E-state index < -0.39 is 11.3 Å². The number of likely N-dealkylation sites (tertiary alicyclic amines) is 1. The molecule has 1 heterocycles. The number of rotatable bonds is 9. The van der Waals surface area contributed by atoms with Gasteiger partial charge in [-0.05, 0) is 55.4 Å². The standard InChI is InChI=1S/C26H32N2O5S/c1-17-16-20(29)24(34)23(18-10-5-3-6-11-18)22(17)25(31)27-14-8-4-7-13-21(30)28-15-9-12-19(28)26(32)33-2/h3,5-6,10-11,16,19,24,34H,4,7-9,12-15H2,1-2H3,(H,27,31)/t19-,24-/m0/s1. The van der Waals surface area contributed by atoms with Gasteiger partial charge in [0.15, 0.2) is 5.78 Å². The maximum atomic E-state index is 13.0. The Kier molecular flexibility index (Phi) is 9.10. The second-order valence-electron chi connectivity index (χ2n) is 8.62. The molecule has 1 aromatic carbocycles. The molecule has 1 aromatic rings. The fourth-order valence-corrected chi connectivity index (χ4v) is 4.89. The van der Waals surface area contributed by atoms with Gasteiger partial charge >= 0.3 is 5.97 Å². The Bertz CT molecular complexity index is 1000. The lowest BCUT2D eigenvalue weighted by atomic mass is 9.86. The minimum absolute atomic E-state index is 0.0259. The summed E-state index contributed by atoms with van der Waals surface area (Å²) >= 11 is 4.48. The molecule has 0 spiro atoms. The average Bonchev–Trinajstić information content (AvgIpc) is 3.33. The summed E-state index contributed by atoms with van der Waals surface area (Å²) in [5, 5.41) is 2.27. The zero-order valence-electron chi connectivity index (χ0n) is 19.7. The van der Waals surface area contributed by atoms with Crippen LogP contribution >= 0.6 is 12.6 Å². The molecule has 2 amide bonds. The van der Waals surface area contributed by atoms with Crippen LogP contribution in [0.2, 0.25) is 0 Å². The number of ether oxygens (including phenoxy) is 1. The van der Waals surface area contributed by atoms with Gasteiger partial charge in [0.1, 0.15) is 6.04 Å². The van der Waals surface area contributed by atoms with Gasteiger partial charge in [-0.25, -0.2) is 4.79 Å². The number of allylic oxidation sites excluding steroid dienone is 1. The van der Waals surface area contributed by atoms with Gasteiger partial charge in [0.05, 0.1) is 12.4 Å². The Labute approximate surface area is 206 Å². The van der Waals surface area contributed by atoms with Gasteiger partial charge in [0.2, 0.25) is 5.91 Å². The number of ketones is 1. The van der Waals surface area contributed by atoms with Crippen molar-refractivity contribution in [2.75, 3.05) is 20.2 Å². The van der Waals surface area contributed by atoms with Gasteiger partial charge in [0.25, 0.3) is 5.91 Å². The van der Waals surface area contributed by atoms with E-state index in [1.54, 1.807) is 11.8 Å². The molecule has 0 unspecified atom stereocenters. The Morgan fingerprint density at radius 3 is 2.59 bits per heavy atom. The first-order valence-corrected chi connectivity index (χ1v) is 12.2. The predicted molar refractivity (Wildman–Crippen MR) is 133 cm³/mol. The summed E-state index contributed by atoms with van der Waals surface area (Å²) in [6.45, 7) is 2.82. The largest absolute Gasteiger partial charge is 0.467 e. The first-order chi connectivity index (χ1) is 16.3. The molecule has 2 atom stereocenters. The summed E-state index contributed by atoms with van der Waals surface area (Å²) < 4.78 is 4.80. The fourth-order valence-electron chi connectivity index (χ4n) is 4.54. The lowest BCUT2D eigenvalue weighted by Crippen LogP contribution is -2.41. The molecule has 34 heavy (non-hydrogen) atoms. The number of benzene rings is 1. The van der Waals surface area contributed by atoms with E-state index in [1.807, 2.05) is 30.3 Å². The molecule has 3 rings (SSSR count). The topological polar surface area (TPSA) is 92.8 Å². The lowest BCUT2D eigenvalue weighted by Gasteiger charge is -2.24. The first kappa shape index (κ1) is 25.7. The molecule has 1 fully saturated rings. The van der Waals surface area contributed by atoms with Crippen molar-refractivity contribution < 1.29 is 23.9 Å². The molecule has 1 aliphatic heterocycles. The van der Waals surface area contributed by atoms with Crippen molar-refractivity contribution in [3.05, 3.63) is 53.1 Å². The third-order valence-corrected chi connectivity index (χ3v) is 6.79. The summed E-state index contributed by atoms with van der Waals surface area (Å²) in [6, 6.07) is 8.91. The van der Waals surface area contributed by atoms with Crippen molar-refractivity contribution in [1.29, 1.82) is 0 Å². The Balaban J connectivity index is 1.51. The van der Waals surface area contributed by atoms with Crippen LogP contribution in [-0.4, -0.2) is 60.0 Å². The van der Waals surface area contributed by atoms with Crippen molar-refractivity contribution in [1.82, 2.24) is 10.2 Å². The molecule has 182 valence electrons. The van der Waals surface area contributed by atoms with Gasteiger partial charge in [-0.1, -0.05) is 36.8 Å². The minimum atomic E-state index is -0.683. The SMILES string of the molecule is COC(=O)[C@@H]1CCCN1C(=O)CCCCCNC(=O)C1=C(c2ccccc2)[C@@H](S)C(=O)C=C1C. The first-order valence-electron chi connectivity index (χ1n) is 11.7. The van der Waals surface area contributed by atoms with E-state index in [4.69, 9.17) is 4.74 Å². The minimum Gasteiger partial charge on any atom is -0.467 e. The van der Waals surface area contributed by atoms with Crippen LogP contribution in [0.5, 0.6) is 0 Å². The summed E-state index contributed by atoms with van der Waals surface area (Å²) in [5.74, 6) is -0.737. The number of methoxy groups -OCH3 is 1. The highest BCUT2D eigenvalue weighted by Gasteiger charge is 2.34. The van der Waals surface area contributed by atoms with Gasteiger partial charge in [-0.2, -0.15) is 12.6 Å². The van der Waals surface area contributed by atoms with Gasteiger partial charge in [-0.15, -0.1) is 0 Å². The molecule has 2 aliphatic rings. The second kappa shape index (κ2) is 12.0. The van der Waals surface area contributed by atoms with Crippen LogP contribution in [0, 0.1) is 0 Å². The van der Waals surface area contributed by atoms with Crippen LogP contribution in [0.3, 0.4) is 0 Å². The normalized spacial score (nSPS) is 20.3. The number of unbranched alkanes of at least 4 members (excludes halogenated alkanes) is 2. The molecule has 0 radical (unpaired) electrons. The third kappa shape index (κ3) is 5.97. The van der Waals surface area contributed by atoms with Gasteiger partial charge < -0.3 is 15.0 Å². The number of hydrogen-bond acceptors (Lipinski definition) is 6. The summed E-state index contributed by atoms with van der Waals surface area (Å²) in [7, 11) is 1.34. The maximum absolute atomic E-state index is 13.0. The number of nitrogens with one attached hydrogen (secondary N) is 1. The molecule has 8 heteroatoms. The molecular weight excluding hydrogens is 452 g/mol. The number of nitrogens with zero attached hydrogens (tertiary/aromatic N) is 1. The van der Waals surface area contributed by atoms with Crippen molar-refractivity contribution >= 4 is 41.8 Å². The zero-order valence-corrected chi connectivity index (χ0v) is 20.6. The van der Waals surface area contributed by atoms with Gasteiger partial charge in [-0.3, -0.25) is 14.4 Å². The van der Waals surface area contributed by atoms with Crippen molar-refractivity contribution in [2.45, 2.75) is 56.7 Å². The summed E-state index contributed by atoms with van der Waals surface area (Å²) in [6.07, 6.45) is 5.49. The lowest BCUT2D eigenvalue weighted by molar-refractivity contribution is -0.151. The quantitative estimate of drug-likeness (QED) is 0.319. The molecule has 0 aromatic heterocycles. The molecule has 1 aliphatic carbocycles. The Morgan fingerprint density at radius 1 is 1.15 bits per heavy atom. The van der Waals surface area contributed by atoms with E-state index in [-0.39, 0.29) is 23.6 Å². The van der Waals surface area contributed by atoms with Crippen molar-refractivity contribution in [3.8, 4) is 0 Å². The number of thiol groups is 1. The van der Waals surface area contributed by atoms with E-state index in [1.165, 1.54) is 13.2 Å². The van der Waals surface area contributed by atoms with E-state index >= 15 is 0 Å².